The quantitative estimate of drug-likeness (QED) is 0.158. The number of hydrogen-bond acceptors (Lipinski definition) is 3. The maximum atomic E-state index is 12.4. The van der Waals surface area contributed by atoms with Gasteiger partial charge in [-0.2, -0.15) is 0 Å². The molecule has 0 spiro atoms. The van der Waals surface area contributed by atoms with Crippen molar-refractivity contribution in [3.8, 4) is 67.5 Å². The van der Waals surface area contributed by atoms with E-state index < -0.39 is 11.8 Å². The van der Waals surface area contributed by atoms with Crippen molar-refractivity contribution in [1.29, 1.82) is 0 Å². The van der Waals surface area contributed by atoms with Crippen molar-refractivity contribution in [3.05, 3.63) is 168 Å². The molecule has 2 aromatic heterocycles. The largest absolute Gasteiger partial charge is 0.507 e. The monoisotopic (exact) mass is 832 g/mol. The Morgan fingerprint density at radius 3 is 1.86 bits per heavy atom. The molecule has 8 aromatic rings. The van der Waals surface area contributed by atoms with Gasteiger partial charge in [0.2, 0.25) is 0 Å². The van der Waals surface area contributed by atoms with Gasteiger partial charge in [-0.05, 0) is 121 Å². The topological polar surface area (TPSA) is 50.9 Å². The molecule has 0 fully saturated rings. The minimum Gasteiger partial charge on any atom is -0.507 e. The number of para-hydroxylation sites is 1. The van der Waals surface area contributed by atoms with Gasteiger partial charge < -0.3 is 5.11 Å². The molecule has 0 bridgehead atoms. The third-order valence-electron chi connectivity index (χ3n) is 13.3. The molecule has 0 atom stereocenters. The molecule has 0 aliphatic heterocycles. The van der Waals surface area contributed by atoms with Crippen molar-refractivity contribution < 1.29 is 7.85 Å². The number of pyridine rings is 1. The van der Waals surface area contributed by atoms with Crippen molar-refractivity contribution in [2.24, 2.45) is 5.41 Å². The summed E-state index contributed by atoms with van der Waals surface area (Å²) in [5.74, 6) is -1.65. The molecule has 2 heterocycles. The smallest absolute Gasteiger partial charge is 0.149 e. The van der Waals surface area contributed by atoms with Crippen LogP contribution < -0.4 is 0 Å². The van der Waals surface area contributed by atoms with Gasteiger partial charge in [0.15, 0.2) is 0 Å². The number of aromatic nitrogens is 3. The van der Waals surface area contributed by atoms with Gasteiger partial charge in [0, 0.05) is 25.6 Å². The Bertz CT molecular complexity index is 3050. The van der Waals surface area contributed by atoms with E-state index in [0.717, 1.165) is 61.4 Å². The first kappa shape index (κ1) is 40.8. The van der Waals surface area contributed by atoms with E-state index in [1.807, 2.05) is 44.3 Å². The van der Waals surface area contributed by atoms with Gasteiger partial charge in [0.05, 0.1) is 28.0 Å². The highest BCUT2D eigenvalue weighted by molar-refractivity contribution is 5.98. The Kier molecular flexibility index (Phi) is 10.7. The maximum absolute atomic E-state index is 12.4. The molecule has 63 heavy (non-hydrogen) atoms. The van der Waals surface area contributed by atoms with Crippen molar-refractivity contribution in [2.75, 3.05) is 0 Å². The summed E-state index contributed by atoms with van der Waals surface area (Å²) >= 11 is 0. The predicted octanol–water partition coefficient (Wildman–Crippen LogP) is 16.3. The SMILES string of the molecule is [2H]C(C)(C)c1cc(-c2nc3c(-c4cc(-c5cc(-c6ccccc6)ccn5)cc(C(C)(C)C)c4)cccc3n2-c2ccc(C(C)(C)C(C)(C)C)cc2-c2ccccc2)c(O)c(C([2H])(C)C)c1. The molecule has 0 saturated carbocycles. The first-order valence-corrected chi connectivity index (χ1v) is 22.2. The second kappa shape index (κ2) is 16.5. The van der Waals surface area contributed by atoms with Gasteiger partial charge in [-0.3, -0.25) is 9.55 Å². The van der Waals surface area contributed by atoms with Crippen molar-refractivity contribution in [3.63, 3.8) is 0 Å². The Hall–Kier alpha value is -6.26. The number of phenolic OH excluding ortho intramolecular Hbond substituents is 1. The Labute approximate surface area is 378 Å². The van der Waals surface area contributed by atoms with Gasteiger partial charge in [-0.15, -0.1) is 0 Å². The summed E-state index contributed by atoms with van der Waals surface area (Å²) in [5.41, 5.74) is 14.3. The fourth-order valence-electron chi connectivity index (χ4n) is 8.40. The lowest BCUT2D eigenvalue weighted by Crippen LogP contribution is -2.34. The van der Waals surface area contributed by atoms with E-state index in [0.29, 0.717) is 22.5 Å². The summed E-state index contributed by atoms with van der Waals surface area (Å²) in [7, 11) is 0. The highest BCUT2D eigenvalue weighted by Crippen LogP contribution is 2.47. The van der Waals surface area contributed by atoms with Crippen LogP contribution in [0.5, 0.6) is 5.75 Å². The van der Waals surface area contributed by atoms with Crippen LogP contribution >= 0.6 is 0 Å². The number of phenols is 1. The van der Waals surface area contributed by atoms with Crippen molar-refractivity contribution in [2.45, 2.75) is 106 Å². The van der Waals surface area contributed by atoms with Crippen LogP contribution in [-0.4, -0.2) is 19.6 Å². The van der Waals surface area contributed by atoms with E-state index >= 15 is 0 Å². The number of hydrogen-bond donors (Lipinski definition) is 1. The summed E-state index contributed by atoms with van der Waals surface area (Å²) in [5, 5.41) is 12.4. The zero-order valence-electron chi connectivity index (χ0n) is 41.1. The molecule has 4 heteroatoms. The van der Waals surface area contributed by atoms with Crippen LogP contribution in [0.2, 0.25) is 0 Å². The van der Waals surface area contributed by atoms with E-state index in [9.17, 15) is 7.85 Å². The molecule has 0 aliphatic carbocycles. The second-order valence-electron chi connectivity index (χ2n) is 20.2. The highest BCUT2D eigenvalue weighted by Gasteiger charge is 2.35. The van der Waals surface area contributed by atoms with Crippen LogP contribution in [0.3, 0.4) is 0 Å². The minimum absolute atomic E-state index is 0.00996. The first-order valence-electron chi connectivity index (χ1n) is 23.2. The molecule has 0 saturated heterocycles. The lowest BCUT2D eigenvalue weighted by atomic mass is 9.65. The van der Waals surface area contributed by atoms with E-state index in [2.05, 4.69) is 175 Å². The summed E-state index contributed by atoms with van der Waals surface area (Å²) in [6, 6.07) is 48.7. The predicted molar refractivity (Wildman–Crippen MR) is 267 cm³/mol. The summed E-state index contributed by atoms with van der Waals surface area (Å²) < 4.78 is 20.6. The molecule has 0 aliphatic rings. The normalized spacial score (nSPS) is 13.3. The maximum Gasteiger partial charge on any atom is 0.149 e. The third kappa shape index (κ3) is 8.24. The molecule has 6 aromatic carbocycles. The number of nitrogens with zero attached hydrogens (tertiary/aromatic N) is 3. The van der Waals surface area contributed by atoms with E-state index in [1.165, 1.54) is 11.1 Å². The van der Waals surface area contributed by atoms with Crippen LogP contribution in [0.1, 0.15) is 120 Å². The third-order valence-corrected chi connectivity index (χ3v) is 13.3. The summed E-state index contributed by atoms with van der Waals surface area (Å²) in [6.07, 6.45) is 1.89. The van der Waals surface area contributed by atoms with Gasteiger partial charge in [0.1, 0.15) is 11.6 Å². The average Bonchev–Trinajstić information content (AvgIpc) is 3.64. The lowest BCUT2D eigenvalue weighted by Gasteiger charge is -2.40. The number of imidazole rings is 1. The second-order valence-corrected chi connectivity index (χ2v) is 20.2. The molecule has 0 radical (unpaired) electrons. The number of rotatable bonds is 9. The Balaban J connectivity index is 1.47. The average molecular weight is 832 g/mol. The zero-order valence-corrected chi connectivity index (χ0v) is 39.1. The van der Waals surface area contributed by atoms with Crippen LogP contribution in [0.15, 0.2) is 146 Å². The minimum atomic E-state index is -1.16. The lowest BCUT2D eigenvalue weighted by molar-refractivity contribution is 0.225. The van der Waals surface area contributed by atoms with Crippen LogP contribution in [0.25, 0.3) is 72.7 Å². The molecule has 0 amide bonds. The molecule has 0 unspecified atom stereocenters. The van der Waals surface area contributed by atoms with Gasteiger partial charge >= 0.3 is 0 Å². The molecule has 320 valence electrons. The number of benzene rings is 6. The highest BCUT2D eigenvalue weighted by atomic mass is 16.3. The number of aromatic hydroxyl groups is 1. The van der Waals surface area contributed by atoms with Crippen LogP contribution in [-0.2, 0) is 10.8 Å². The standard InChI is InChI=1S/C59H63N3O/c1-37(2)42-33-48(38(3)4)55(63)50(34-42)56-61-54-47(43-30-44(32-46(31-43)57(5,6)7)51-35-41(28-29-60-51)39-20-15-13-16-21-39)24-19-25-53(54)62(56)52-27-26-45(59(11,12)58(8,9)10)36-49(52)40-22-17-14-18-23-40/h13-38,63H,1-12H3/i37D,38D. The van der Waals surface area contributed by atoms with Gasteiger partial charge in [0.25, 0.3) is 0 Å². The number of fused-ring (bicyclic) bond motifs is 1. The van der Waals surface area contributed by atoms with E-state index in [1.54, 1.807) is 13.8 Å². The fourth-order valence-corrected chi connectivity index (χ4v) is 8.40. The Morgan fingerprint density at radius 2 is 1.22 bits per heavy atom. The molecule has 4 nitrogen and oxygen atoms in total. The summed E-state index contributed by atoms with van der Waals surface area (Å²) in [6.45, 7) is 25.4. The first-order chi connectivity index (χ1) is 30.4. The molecular weight excluding hydrogens is 767 g/mol. The van der Waals surface area contributed by atoms with Gasteiger partial charge in [-0.1, -0.05) is 174 Å². The molecule has 8 rings (SSSR count). The van der Waals surface area contributed by atoms with E-state index in [4.69, 9.17) is 9.97 Å². The molecular formula is C59H63N3O. The van der Waals surface area contributed by atoms with Crippen molar-refractivity contribution >= 4 is 11.0 Å². The van der Waals surface area contributed by atoms with Crippen LogP contribution in [0.4, 0.5) is 0 Å². The van der Waals surface area contributed by atoms with Crippen molar-refractivity contribution in [1.82, 2.24) is 14.5 Å². The molecule has 1 N–H and O–H groups in total. The zero-order chi connectivity index (χ0) is 46.9. The van der Waals surface area contributed by atoms with Crippen LogP contribution in [0, 0.1) is 5.41 Å². The van der Waals surface area contributed by atoms with E-state index in [-0.39, 0.29) is 22.0 Å². The van der Waals surface area contributed by atoms with Gasteiger partial charge in [-0.25, -0.2) is 4.98 Å². The Morgan fingerprint density at radius 1 is 0.556 bits per heavy atom. The summed E-state index contributed by atoms with van der Waals surface area (Å²) in [4.78, 5) is 10.5. The fraction of sp³-hybridized carbons (Fsp3) is 0.288.